The van der Waals surface area contributed by atoms with Crippen molar-refractivity contribution >= 4 is 45.4 Å². The second-order valence-corrected chi connectivity index (χ2v) is 13.1. The number of rotatable bonds is 8. The maximum Gasteiger partial charge on any atom is 0.314 e. The van der Waals surface area contributed by atoms with Crippen molar-refractivity contribution in [1.29, 1.82) is 0 Å². The molecule has 2 aliphatic rings. The molecule has 0 bridgehead atoms. The fourth-order valence-electron chi connectivity index (χ4n) is 6.12. The summed E-state index contributed by atoms with van der Waals surface area (Å²) in [5.41, 5.74) is 0.466. The predicted octanol–water partition coefficient (Wildman–Crippen LogP) is 7.24. The number of fused-ring (bicyclic) bond motifs is 1. The second kappa shape index (κ2) is 14.2. The quantitative estimate of drug-likeness (QED) is 0.145. The number of para-hydroxylation sites is 2. The molecule has 1 heterocycles. The van der Waals surface area contributed by atoms with Gasteiger partial charge in [0.2, 0.25) is 0 Å². The average Bonchev–Trinajstić information content (AvgIpc) is 3.49. The predicted molar refractivity (Wildman–Crippen MR) is 171 cm³/mol. The molecular weight excluding hydrogens is 606 g/mol. The van der Waals surface area contributed by atoms with Crippen LogP contribution < -0.4 is 18.9 Å². The first kappa shape index (κ1) is 31.4. The number of carbonyl (C=O) groups is 4. The maximum absolute atomic E-state index is 13.2. The molecule has 238 valence electrons. The van der Waals surface area contributed by atoms with Gasteiger partial charge in [0, 0.05) is 0 Å². The largest absolute Gasteiger partial charge is 0.426 e. The Morgan fingerprint density at radius 1 is 0.543 bits per heavy atom. The Kier molecular flexibility index (Phi) is 9.73. The second-order valence-electron chi connectivity index (χ2n) is 11.9. The summed E-state index contributed by atoms with van der Waals surface area (Å²) < 4.78 is 23.3. The lowest BCUT2D eigenvalue weighted by Gasteiger charge is -2.26. The van der Waals surface area contributed by atoms with Gasteiger partial charge in [0.25, 0.3) is 0 Å². The van der Waals surface area contributed by atoms with Crippen molar-refractivity contribution in [3.63, 3.8) is 0 Å². The number of benzene rings is 3. The van der Waals surface area contributed by atoms with Crippen LogP contribution in [0.1, 0.15) is 56.4 Å². The Balaban J connectivity index is 1.02. The van der Waals surface area contributed by atoms with Crippen LogP contribution in [0.2, 0.25) is 0 Å². The molecule has 2 saturated carbocycles. The highest BCUT2D eigenvalue weighted by Crippen LogP contribution is 2.40. The lowest BCUT2D eigenvalue weighted by molar-refractivity contribution is -0.145. The Morgan fingerprint density at radius 2 is 0.913 bits per heavy atom. The fraction of sp³-hybridized carbons (Fsp3) is 0.361. The van der Waals surface area contributed by atoms with Gasteiger partial charge in [-0.05, 0) is 94.7 Å². The first-order chi connectivity index (χ1) is 22.3. The van der Waals surface area contributed by atoms with Crippen LogP contribution in [-0.4, -0.2) is 28.9 Å². The highest BCUT2D eigenvalue weighted by atomic mass is 32.1. The molecule has 2 fully saturated rings. The van der Waals surface area contributed by atoms with Crippen LogP contribution in [0.4, 0.5) is 0 Å². The topological polar surface area (TPSA) is 118 Å². The van der Waals surface area contributed by atoms with Gasteiger partial charge in [-0.15, -0.1) is 11.3 Å². The SMILES string of the molecule is Cc1nc2c(OC(=O)C3CCC(C(=O)Oc4ccccc4)CC3)ccc(OC(=O)C3CCC(C(=O)Oc4ccccc4)CC3)c2s1. The summed E-state index contributed by atoms with van der Waals surface area (Å²) in [5, 5.41) is 0.741. The minimum Gasteiger partial charge on any atom is -0.426 e. The van der Waals surface area contributed by atoms with E-state index in [2.05, 4.69) is 4.98 Å². The van der Waals surface area contributed by atoms with Crippen LogP contribution in [0.5, 0.6) is 23.0 Å². The third-order valence-corrected chi connectivity index (χ3v) is 9.69. The maximum atomic E-state index is 13.2. The van der Waals surface area contributed by atoms with E-state index in [0.29, 0.717) is 84.6 Å². The van der Waals surface area contributed by atoms with Gasteiger partial charge in [-0.1, -0.05) is 36.4 Å². The van der Waals surface area contributed by atoms with E-state index < -0.39 is 0 Å². The number of hydrogen-bond donors (Lipinski definition) is 0. The number of nitrogens with zero attached hydrogens (tertiary/aromatic N) is 1. The number of aromatic nitrogens is 1. The number of carbonyl (C=O) groups excluding carboxylic acids is 4. The number of ether oxygens (including phenoxy) is 4. The van der Waals surface area contributed by atoms with E-state index in [4.69, 9.17) is 18.9 Å². The zero-order chi connectivity index (χ0) is 32.0. The van der Waals surface area contributed by atoms with Crippen LogP contribution in [0.15, 0.2) is 72.8 Å². The highest BCUT2D eigenvalue weighted by Gasteiger charge is 2.34. The summed E-state index contributed by atoms with van der Waals surface area (Å²) in [4.78, 5) is 56.1. The van der Waals surface area contributed by atoms with Crippen molar-refractivity contribution in [2.24, 2.45) is 23.7 Å². The number of thiazole rings is 1. The third-order valence-electron chi connectivity index (χ3n) is 8.71. The van der Waals surface area contributed by atoms with E-state index in [-0.39, 0.29) is 47.5 Å². The Labute approximate surface area is 270 Å². The summed E-state index contributed by atoms with van der Waals surface area (Å²) in [7, 11) is 0. The zero-order valence-electron chi connectivity index (χ0n) is 25.5. The molecule has 1 aromatic heterocycles. The monoisotopic (exact) mass is 641 g/mol. The molecule has 0 unspecified atom stereocenters. The van der Waals surface area contributed by atoms with Gasteiger partial charge >= 0.3 is 23.9 Å². The van der Waals surface area contributed by atoms with E-state index in [1.807, 2.05) is 43.3 Å². The van der Waals surface area contributed by atoms with E-state index in [1.165, 1.54) is 11.3 Å². The van der Waals surface area contributed by atoms with Crippen molar-refractivity contribution in [2.75, 3.05) is 0 Å². The molecule has 0 atom stereocenters. The molecule has 46 heavy (non-hydrogen) atoms. The van der Waals surface area contributed by atoms with Gasteiger partial charge in [0.05, 0.1) is 28.7 Å². The Morgan fingerprint density at radius 3 is 1.35 bits per heavy atom. The minimum absolute atomic E-state index is 0.257. The van der Waals surface area contributed by atoms with E-state index >= 15 is 0 Å². The first-order valence-electron chi connectivity index (χ1n) is 15.7. The molecule has 10 heteroatoms. The zero-order valence-corrected chi connectivity index (χ0v) is 26.3. The normalized spacial score (nSPS) is 21.2. The average molecular weight is 642 g/mol. The van der Waals surface area contributed by atoms with Crippen molar-refractivity contribution in [3.8, 4) is 23.0 Å². The summed E-state index contributed by atoms with van der Waals surface area (Å²) in [6.45, 7) is 1.84. The van der Waals surface area contributed by atoms with Crippen molar-refractivity contribution in [3.05, 3.63) is 77.8 Å². The van der Waals surface area contributed by atoms with Crippen LogP contribution in [0.3, 0.4) is 0 Å². The molecule has 4 aromatic rings. The fourth-order valence-corrected chi connectivity index (χ4v) is 7.00. The molecule has 6 rings (SSSR count). The lowest BCUT2D eigenvalue weighted by Crippen LogP contribution is -2.30. The standard InChI is InChI=1S/C36H35NO8S/c1-22-37-31-29(44-35(40)25-16-12-23(13-17-25)33(38)42-27-8-4-2-5-9-27)20-21-30(32(31)46-22)45-36(41)26-18-14-24(15-19-26)34(39)43-28-10-6-3-7-11-28/h2-11,20-21,23-26H,12-19H2,1H3. The summed E-state index contributed by atoms with van der Waals surface area (Å²) >= 11 is 1.36. The van der Waals surface area contributed by atoms with Gasteiger partial charge in [-0.2, -0.15) is 0 Å². The molecule has 9 nitrogen and oxygen atoms in total. The molecule has 0 N–H and O–H groups in total. The van der Waals surface area contributed by atoms with Gasteiger partial charge < -0.3 is 18.9 Å². The van der Waals surface area contributed by atoms with Crippen LogP contribution in [-0.2, 0) is 19.2 Å². The number of esters is 4. The van der Waals surface area contributed by atoms with Crippen molar-refractivity contribution < 1.29 is 38.1 Å². The van der Waals surface area contributed by atoms with Crippen LogP contribution in [0.25, 0.3) is 10.2 Å². The van der Waals surface area contributed by atoms with Crippen LogP contribution in [0, 0.1) is 30.6 Å². The summed E-state index contributed by atoms with van der Waals surface area (Å²) in [6.07, 6.45) is 4.28. The van der Waals surface area contributed by atoms with Gasteiger partial charge in [-0.25, -0.2) is 4.98 Å². The molecular formula is C36H35NO8S. The molecule has 0 spiro atoms. The van der Waals surface area contributed by atoms with E-state index in [0.717, 1.165) is 5.01 Å². The molecule has 0 saturated heterocycles. The highest BCUT2D eigenvalue weighted by molar-refractivity contribution is 7.19. The summed E-state index contributed by atoms with van der Waals surface area (Å²) in [6, 6.07) is 21.2. The van der Waals surface area contributed by atoms with Crippen molar-refractivity contribution in [2.45, 2.75) is 58.3 Å². The molecule has 2 aliphatic carbocycles. The van der Waals surface area contributed by atoms with E-state index in [1.54, 1.807) is 36.4 Å². The molecule has 3 aromatic carbocycles. The minimum atomic E-state index is -0.367. The number of hydrogen-bond acceptors (Lipinski definition) is 10. The third kappa shape index (κ3) is 7.45. The molecule has 0 aliphatic heterocycles. The Hall–Kier alpha value is -4.57. The van der Waals surface area contributed by atoms with E-state index in [9.17, 15) is 19.2 Å². The van der Waals surface area contributed by atoms with Gasteiger partial charge in [0.15, 0.2) is 11.5 Å². The summed E-state index contributed by atoms with van der Waals surface area (Å²) in [5.74, 6) is -0.749. The lowest BCUT2D eigenvalue weighted by atomic mass is 9.82. The smallest absolute Gasteiger partial charge is 0.314 e. The first-order valence-corrected chi connectivity index (χ1v) is 16.5. The van der Waals surface area contributed by atoms with Crippen LogP contribution >= 0.6 is 11.3 Å². The molecule has 0 radical (unpaired) electrons. The van der Waals surface area contributed by atoms with Gasteiger partial charge in [-0.3, -0.25) is 19.2 Å². The number of aryl methyl sites for hydroxylation is 1. The molecule has 0 amide bonds. The Bertz CT molecular complexity index is 1580. The van der Waals surface area contributed by atoms with Crippen molar-refractivity contribution in [1.82, 2.24) is 4.98 Å². The van der Waals surface area contributed by atoms with Gasteiger partial charge in [0.1, 0.15) is 21.7 Å².